The molecule has 0 aliphatic carbocycles. The number of pyridine rings is 1. The van der Waals surface area contributed by atoms with Crippen LogP contribution in [0.4, 0.5) is 5.82 Å². The van der Waals surface area contributed by atoms with Crippen molar-refractivity contribution in [3.8, 4) is 11.5 Å². The quantitative estimate of drug-likeness (QED) is 0.545. The van der Waals surface area contributed by atoms with E-state index < -0.39 is 12.4 Å². The van der Waals surface area contributed by atoms with Gasteiger partial charge in [0.05, 0.1) is 19.1 Å². The molecule has 162 valence electrons. The van der Waals surface area contributed by atoms with Crippen molar-refractivity contribution in [2.24, 2.45) is 5.92 Å². The van der Waals surface area contributed by atoms with E-state index in [9.17, 15) is 9.59 Å². The summed E-state index contributed by atoms with van der Waals surface area (Å²) in [5.41, 5.74) is 1.05. The molecule has 2 aromatic rings. The second-order valence-corrected chi connectivity index (χ2v) is 7.75. The number of amides is 1. The Balaban J connectivity index is 2.07. The zero-order valence-electron chi connectivity index (χ0n) is 18.0. The van der Waals surface area contributed by atoms with Crippen molar-refractivity contribution in [1.29, 1.82) is 0 Å². The lowest BCUT2D eigenvalue weighted by molar-refractivity contribution is -0.115. The molecule has 1 aromatic heterocycles. The number of anilines is 1. The number of rotatable bonds is 11. The predicted molar refractivity (Wildman–Crippen MR) is 115 cm³/mol. The number of aromatic nitrogens is 1. The maximum atomic E-state index is 12.5. The lowest BCUT2D eigenvalue weighted by Crippen LogP contribution is -2.16. The molecule has 0 bridgehead atoms. The van der Waals surface area contributed by atoms with Gasteiger partial charge in [-0.25, -0.2) is 4.98 Å². The number of carbonyl (C=O) groups excluding carboxylic acids is 2. The lowest BCUT2D eigenvalue weighted by Gasteiger charge is -2.15. The zero-order valence-corrected chi connectivity index (χ0v) is 18.0. The summed E-state index contributed by atoms with van der Waals surface area (Å²) in [7, 11) is 0. The van der Waals surface area contributed by atoms with Crippen LogP contribution in [0.25, 0.3) is 0 Å². The molecule has 1 heterocycles. The Morgan fingerprint density at radius 3 is 2.43 bits per heavy atom. The highest BCUT2D eigenvalue weighted by Gasteiger charge is 2.11. The van der Waals surface area contributed by atoms with Gasteiger partial charge < -0.3 is 19.9 Å². The van der Waals surface area contributed by atoms with Crippen LogP contribution in [0.1, 0.15) is 50.0 Å². The van der Waals surface area contributed by atoms with Crippen LogP contribution < -0.4 is 14.8 Å². The number of benzene rings is 1. The largest absolute Gasteiger partial charge is 0.493 e. The lowest BCUT2D eigenvalue weighted by atomic mass is 10.1. The second-order valence-electron chi connectivity index (χ2n) is 7.75. The molecule has 0 atom stereocenters. The first kappa shape index (κ1) is 23.3. The second kappa shape index (κ2) is 11.3. The molecule has 0 fully saturated rings. The van der Waals surface area contributed by atoms with Gasteiger partial charge in [0.2, 0.25) is 5.91 Å². The van der Waals surface area contributed by atoms with Gasteiger partial charge in [0.1, 0.15) is 23.9 Å². The van der Waals surface area contributed by atoms with E-state index in [-0.39, 0.29) is 24.0 Å². The Morgan fingerprint density at radius 2 is 1.83 bits per heavy atom. The molecule has 30 heavy (non-hydrogen) atoms. The first-order valence-electron chi connectivity index (χ1n) is 10.1. The molecule has 0 aliphatic heterocycles. The molecule has 2 N–H and O–H groups in total. The van der Waals surface area contributed by atoms with Gasteiger partial charge in [-0.2, -0.15) is 0 Å². The van der Waals surface area contributed by atoms with Crippen LogP contribution in [0.15, 0.2) is 36.5 Å². The monoisotopic (exact) mass is 414 g/mol. The number of hydrogen-bond acceptors (Lipinski definition) is 6. The van der Waals surface area contributed by atoms with Gasteiger partial charge in [-0.15, -0.1) is 0 Å². The first-order valence-corrected chi connectivity index (χ1v) is 10.1. The molecule has 0 unspecified atom stereocenters. The van der Waals surface area contributed by atoms with E-state index >= 15 is 0 Å². The molecule has 2 rings (SSSR count). The molecule has 0 radical (unpaired) electrons. The summed E-state index contributed by atoms with van der Waals surface area (Å²) in [5, 5.41) is 11.6. The fourth-order valence-corrected chi connectivity index (χ4v) is 2.67. The SMILES string of the molecule is CC(C)CCOc1cc(CC(=O)Nc2ccc(C(=O)CO)cn2)cc(OC(C)C)c1. The van der Waals surface area contributed by atoms with Crippen molar-refractivity contribution in [2.75, 3.05) is 18.5 Å². The van der Waals surface area contributed by atoms with Crippen LogP contribution in [0.2, 0.25) is 0 Å². The number of aliphatic hydroxyl groups excluding tert-OH is 1. The minimum absolute atomic E-state index is 0.00179. The number of aliphatic hydroxyl groups is 1. The van der Waals surface area contributed by atoms with Gasteiger partial charge in [0.25, 0.3) is 0 Å². The van der Waals surface area contributed by atoms with Crippen molar-refractivity contribution in [1.82, 2.24) is 4.98 Å². The van der Waals surface area contributed by atoms with Crippen LogP contribution in [-0.4, -0.2) is 41.1 Å². The van der Waals surface area contributed by atoms with Crippen LogP contribution >= 0.6 is 0 Å². The third kappa shape index (κ3) is 7.83. The molecule has 1 amide bonds. The molecular weight excluding hydrogens is 384 g/mol. The van der Waals surface area contributed by atoms with E-state index in [1.807, 2.05) is 32.0 Å². The average molecular weight is 415 g/mol. The van der Waals surface area contributed by atoms with Crippen molar-refractivity contribution >= 4 is 17.5 Å². The molecule has 0 saturated heterocycles. The Hall–Kier alpha value is -2.93. The Morgan fingerprint density at radius 1 is 1.10 bits per heavy atom. The highest BCUT2D eigenvalue weighted by atomic mass is 16.5. The summed E-state index contributed by atoms with van der Waals surface area (Å²) in [5.74, 6) is 1.52. The summed E-state index contributed by atoms with van der Waals surface area (Å²) >= 11 is 0. The molecule has 0 spiro atoms. The highest BCUT2D eigenvalue weighted by Crippen LogP contribution is 2.25. The Labute approximate surface area is 177 Å². The van der Waals surface area contributed by atoms with E-state index in [0.29, 0.717) is 29.8 Å². The van der Waals surface area contributed by atoms with Gasteiger partial charge >= 0.3 is 0 Å². The van der Waals surface area contributed by atoms with Crippen LogP contribution in [0, 0.1) is 5.92 Å². The maximum Gasteiger partial charge on any atom is 0.229 e. The number of hydrogen-bond donors (Lipinski definition) is 2. The molecular formula is C23H30N2O5. The number of Topliss-reactive ketones (excluding diaryl/α,β-unsaturated/α-hetero) is 1. The van der Waals surface area contributed by atoms with E-state index in [1.54, 1.807) is 0 Å². The summed E-state index contributed by atoms with van der Waals surface area (Å²) < 4.78 is 11.6. The number of ketones is 1. The molecule has 7 heteroatoms. The standard InChI is InChI=1S/C23H30N2O5/c1-15(2)7-8-29-19-9-17(10-20(12-19)30-16(3)4)11-23(28)25-22-6-5-18(13-24-22)21(27)14-26/h5-6,9-10,12-13,15-16,26H,7-8,11,14H2,1-4H3,(H,24,25,28). The summed E-state index contributed by atoms with van der Waals surface area (Å²) in [6.07, 6.45) is 2.38. The molecule has 7 nitrogen and oxygen atoms in total. The third-order valence-corrected chi connectivity index (χ3v) is 4.14. The van der Waals surface area contributed by atoms with Crippen molar-refractivity contribution in [3.05, 3.63) is 47.7 Å². The van der Waals surface area contributed by atoms with Gasteiger partial charge in [-0.1, -0.05) is 13.8 Å². The summed E-state index contributed by atoms with van der Waals surface area (Å²) in [6.45, 7) is 8.17. The Bertz CT molecular complexity index is 847. The van der Waals surface area contributed by atoms with E-state index in [4.69, 9.17) is 14.6 Å². The summed E-state index contributed by atoms with van der Waals surface area (Å²) in [4.78, 5) is 28.0. The normalized spacial score (nSPS) is 10.9. The fraction of sp³-hybridized carbons (Fsp3) is 0.435. The van der Waals surface area contributed by atoms with Crippen LogP contribution in [0.3, 0.4) is 0 Å². The number of ether oxygens (including phenoxy) is 2. The average Bonchev–Trinajstić information content (AvgIpc) is 2.67. The Kier molecular flexibility index (Phi) is 8.80. The van der Waals surface area contributed by atoms with E-state index in [0.717, 1.165) is 12.0 Å². The van der Waals surface area contributed by atoms with Gasteiger partial charge in [0, 0.05) is 17.8 Å². The van der Waals surface area contributed by atoms with Crippen molar-refractivity contribution in [2.45, 2.75) is 46.6 Å². The molecule has 0 aliphatic rings. The summed E-state index contributed by atoms with van der Waals surface area (Å²) in [6, 6.07) is 8.54. The predicted octanol–water partition coefficient (Wildman–Crippen LogP) is 3.65. The van der Waals surface area contributed by atoms with Gasteiger partial charge in [-0.3, -0.25) is 9.59 Å². The van der Waals surface area contributed by atoms with Crippen LogP contribution in [0.5, 0.6) is 11.5 Å². The zero-order chi connectivity index (χ0) is 22.1. The number of nitrogens with zero attached hydrogens (tertiary/aromatic N) is 1. The smallest absolute Gasteiger partial charge is 0.229 e. The van der Waals surface area contributed by atoms with Gasteiger partial charge in [-0.05, 0) is 56.0 Å². The number of nitrogens with one attached hydrogen (secondary N) is 1. The minimum atomic E-state index is -0.580. The van der Waals surface area contributed by atoms with Crippen molar-refractivity contribution < 1.29 is 24.2 Å². The van der Waals surface area contributed by atoms with Crippen molar-refractivity contribution in [3.63, 3.8) is 0 Å². The van der Waals surface area contributed by atoms with E-state index in [1.165, 1.54) is 18.3 Å². The molecule has 1 aromatic carbocycles. The van der Waals surface area contributed by atoms with Crippen LogP contribution in [-0.2, 0) is 11.2 Å². The third-order valence-electron chi connectivity index (χ3n) is 4.14. The minimum Gasteiger partial charge on any atom is -0.493 e. The van der Waals surface area contributed by atoms with Gasteiger partial charge in [0.15, 0.2) is 5.78 Å². The first-order chi connectivity index (χ1) is 14.3. The number of carbonyl (C=O) groups is 2. The molecule has 0 saturated carbocycles. The topological polar surface area (TPSA) is 97.8 Å². The fourth-order valence-electron chi connectivity index (χ4n) is 2.67. The van der Waals surface area contributed by atoms with E-state index in [2.05, 4.69) is 24.1 Å². The highest BCUT2D eigenvalue weighted by molar-refractivity contribution is 5.97. The maximum absolute atomic E-state index is 12.5.